The van der Waals surface area contributed by atoms with Crippen LogP contribution in [0.3, 0.4) is 0 Å². The lowest BCUT2D eigenvalue weighted by atomic mass is 9.74. The predicted octanol–water partition coefficient (Wildman–Crippen LogP) is 4.21. The van der Waals surface area contributed by atoms with Crippen molar-refractivity contribution in [2.24, 2.45) is 5.41 Å². The van der Waals surface area contributed by atoms with Crippen LogP contribution >= 0.6 is 0 Å². The molecule has 3 rings (SSSR count). The number of furan rings is 1. The number of aryl methyl sites for hydroxylation is 2. The first kappa shape index (κ1) is 14.5. The summed E-state index contributed by atoms with van der Waals surface area (Å²) in [7, 11) is 0. The average molecular weight is 286 g/mol. The van der Waals surface area contributed by atoms with E-state index in [0.29, 0.717) is 11.5 Å². The second-order valence-corrected chi connectivity index (χ2v) is 7.06. The second-order valence-electron chi connectivity index (χ2n) is 7.06. The van der Waals surface area contributed by atoms with Gasteiger partial charge in [0.05, 0.1) is 0 Å². The fourth-order valence-corrected chi connectivity index (χ4v) is 3.40. The molecular weight excluding hydrogens is 260 g/mol. The fourth-order valence-electron chi connectivity index (χ4n) is 3.40. The van der Waals surface area contributed by atoms with Crippen molar-refractivity contribution < 1.29 is 4.42 Å². The molecule has 1 unspecified atom stereocenters. The van der Waals surface area contributed by atoms with Crippen LogP contribution in [-0.4, -0.2) is 4.57 Å². The predicted molar refractivity (Wildman–Crippen MR) is 85.2 cm³/mol. The maximum Gasteiger partial charge on any atom is 0.109 e. The van der Waals surface area contributed by atoms with Crippen LogP contribution in [0.25, 0.3) is 0 Å². The van der Waals surface area contributed by atoms with E-state index in [-0.39, 0.29) is 0 Å². The van der Waals surface area contributed by atoms with E-state index in [4.69, 9.17) is 4.42 Å². The van der Waals surface area contributed by atoms with Gasteiger partial charge in [0.2, 0.25) is 0 Å². The van der Waals surface area contributed by atoms with E-state index in [0.717, 1.165) is 31.7 Å². The summed E-state index contributed by atoms with van der Waals surface area (Å²) in [4.78, 5) is 0. The van der Waals surface area contributed by atoms with Crippen LogP contribution in [-0.2, 0) is 19.5 Å². The molecule has 1 N–H and O–H groups in total. The first-order valence-corrected chi connectivity index (χ1v) is 7.94. The highest BCUT2D eigenvalue weighted by molar-refractivity contribution is 5.29. The molecule has 114 valence electrons. The van der Waals surface area contributed by atoms with Gasteiger partial charge in [-0.3, -0.25) is 0 Å². The summed E-state index contributed by atoms with van der Waals surface area (Å²) in [6, 6.07) is 4.80. The van der Waals surface area contributed by atoms with E-state index < -0.39 is 0 Å². The van der Waals surface area contributed by atoms with Crippen molar-refractivity contribution >= 4 is 0 Å². The lowest BCUT2D eigenvalue weighted by Gasteiger charge is -2.34. The van der Waals surface area contributed by atoms with Gasteiger partial charge in [0.15, 0.2) is 0 Å². The Bertz CT molecular complexity index is 621. The van der Waals surface area contributed by atoms with E-state index in [9.17, 15) is 0 Å². The number of nitrogens with zero attached hydrogens (tertiary/aromatic N) is 1. The Morgan fingerprint density at radius 1 is 1.43 bits per heavy atom. The zero-order valence-electron chi connectivity index (χ0n) is 13.6. The molecule has 0 aromatic carbocycles. The maximum absolute atomic E-state index is 5.90. The van der Waals surface area contributed by atoms with Crippen molar-refractivity contribution in [3.63, 3.8) is 0 Å². The van der Waals surface area contributed by atoms with Crippen LogP contribution in [0.15, 0.2) is 28.9 Å². The highest BCUT2D eigenvalue weighted by atomic mass is 16.3. The third-order valence-corrected chi connectivity index (χ3v) is 4.47. The van der Waals surface area contributed by atoms with Crippen molar-refractivity contribution in [3.05, 3.63) is 47.2 Å². The van der Waals surface area contributed by atoms with Gasteiger partial charge in [0.25, 0.3) is 0 Å². The number of nitrogens with one attached hydrogen (secondary N) is 1. The quantitative estimate of drug-likeness (QED) is 0.912. The SMILES string of the molecule is CCn1ccc(CNC2CC(C)(C)Cc3oc(C)cc32)c1. The van der Waals surface area contributed by atoms with Gasteiger partial charge in [-0.25, -0.2) is 0 Å². The van der Waals surface area contributed by atoms with Gasteiger partial charge in [0.1, 0.15) is 11.5 Å². The highest BCUT2D eigenvalue weighted by Crippen LogP contribution is 2.42. The van der Waals surface area contributed by atoms with E-state index in [1.165, 1.54) is 16.9 Å². The Morgan fingerprint density at radius 2 is 2.24 bits per heavy atom. The molecule has 0 amide bonds. The topological polar surface area (TPSA) is 30.1 Å². The second kappa shape index (κ2) is 5.38. The molecule has 3 nitrogen and oxygen atoms in total. The molecule has 0 spiro atoms. The van der Waals surface area contributed by atoms with Crippen molar-refractivity contribution in [1.29, 1.82) is 0 Å². The molecule has 0 saturated carbocycles. The average Bonchev–Trinajstić information content (AvgIpc) is 3.00. The van der Waals surface area contributed by atoms with Gasteiger partial charge in [-0.05, 0) is 43.4 Å². The molecule has 21 heavy (non-hydrogen) atoms. The molecule has 0 saturated heterocycles. The number of fused-ring (bicyclic) bond motifs is 1. The van der Waals surface area contributed by atoms with Crippen LogP contribution in [0.1, 0.15) is 55.9 Å². The molecule has 2 aromatic rings. The first-order valence-electron chi connectivity index (χ1n) is 7.94. The molecule has 0 radical (unpaired) electrons. The number of rotatable bonds is 4. The van der Waals surface area contributed by atoms with Crippen LogP contribution in [0.5, 0.6) is 0 Å². The van der Waals surface area contributed by atoms with Gasteiger partial charge in [-0.15, -0.1) is 0 Å². The Labute approximate surface area is 127 Å². The molecule has 2 heterocycles. The smallest absolute Gasteiger partial charge is 0.109 e. The Balaban J connectivity index is 1.75. The monoisotopic (exact) mass is 286 g/mol. The third kappa shape index (κ3) is 3.08. The molecule has 2 aromatic heterocycles. The van der Waals surface area contributed by atoms with Crippen molar-refractivity contribution in [2.45, 2.75) is 59.7 Å². The lowest BCUT2D eigenvalue weighted by Crippen LogP contribution is -2.32. The third-order valence-electron chi connectivity index (χ3n) is 4.47. The van der Waals surface area contributed by atoms with Crippen LogP contribution in [0.2, 0.25) is 0 Å². The number of aromatic nitrogens is 1. The van der Waals surface area contributed by atoms with E-state index in [1.807, 2.05) is 6.92 Å². The summed E-state index contributed by atoms with van der Waals surface area (Å²) < 4.78 is 8.12. The zero-order chi connectivity index (χ0) is 15.0. The van der Waals surface area contributed by atoms with Crippen molar-refractivity contribution in [3.8, 4) is 0 Å². The highest BCUT2D eigenvalue weighted by Gasteiger charge is 2.34. The minimum absolute atomic E-state index is 0.296. The van der Waals surface area contributed by atoms with Gasteiger partial charge in [-0.2, -0.15) is 0 Å². The molecule has 1 aliphatic carbocycles. The van der Waals surface area contributed by atoms with Crippen LogP contribution < -0.4 is 5.32 Å². The summed E-state index contributed by atoms with van der Waals surface area (Å²) in [6.07, 6.45) is 6.58. The Hall–Kier alpha value is -1.48. The molecule has 1 aliphatic rings. The minimum Gasteiger partial charge on any atom is -0.466 e. The van der Waals surface area contributed by atoms with Gasteiger partial charge >= 0.3 is 0 Å². The Morgan fingerprint density at radius 3 is 2.95 bits per heavy atom. The number of hydrogen-bond acceptors (Lipinski definition) is 2. The summed E-state index contributed by atoms with van der Waals surface area (Å²) in [5, 5.41) is 3.73. The first-order chi connectivity index (χ1) is 9.97. The normalized spacial score (nSPS) is 20.5. The molecule has 1 atom stereocenters. The van der Waals surface area contributed by atoms with Gasteiger partial charge in [0, 0.05) is 43.5 Å². The fraction of sp³-hybridized carbons (Fsp3) is 0.556. The molecular formula is C18H26N2O. The number of hydrogen-bond donors (Lipinski definition) is 1. The van der Waals surface area contributed by atoms with Crippen LogP contribution in [0, 0.1) is 12.3 Å². The molecule has 0 bridgehead atoms. The standard InChI is InChI=1S/C18H26N2O/c1-5-20-7-6-14(12-20)11-19-16-9-18(3,4)10-17-15(16)8-13(2)21-17/h6-8,12,16,19H,5,9-11H2,1-4H3. The van der Waals surface area contributed by atoms with Crippen LogP contribution in [0.4, 0.5) is 0 Å². The lowest BCUT2D eigenvalue weighted by molar-refractivity contribution is 0.233. The summed E-state index contributed by atoms with van der Waals surface area (Å²) >= 11 is 0. The van der Waals surface area contributed by atoms with Gasteiger partial charge < -0.3 is 14.3 Å². The van der Waals surface area contributed by atoms with E-state index in [2.05, 4.69) is 55.2 Å². The summed E-state index contributed by atoms with van der Waals surface area (Å²) in [6.45, 7) is 10.8. The Kier molecular flexibility index (Phi) is 3.70. The molecule has 0 fully saturated rings. The maximum atomic E-state index is 5.90. The van der Waals surface area contributed by atoms with E-state index >= 15 is 0 Å². The van der Waals surface area contributed by atoms with Crippen molar-refractivity contribution in [1.82, 2.24) is 9.88 Å². The zero-order valence-corrected chi connectivity index (χ0v) is 13.6. The molecule has 0 aliphatic heterocycles. The van der Waals surface area contributed by atoms with Crippen molar-refractivity contribution in [2.75, 3.05) is 0 Å². The summed E-state index contributed by atoms with van der Waals surface area (Å²) in [5.41, 5.74) is 3.01. The van der Waals surface area contributed by atoms with Gasteiger partial charge in [-0.1, -0.05) is 13.8 Å². The van der Waals surface area contributed by atoms with E-state index in [1.54, 1.807) is 0 Å². The largest absolute Gasteiger partial charge is 0.466 e. The minimum atomic E-state index is 0.296. The summed E-state index contributed by atoms with van der Waals surface area (Å²) in [5.74, 6) is 2.20. The molecule has 3 heteroatoms.